The first-order valence-corrected chi connectivity index (χ1v) is 12.8. The molecule has 0 radical (unpaired) electrons. The van der Waals surface area contributed by atoms with E-state index in [0.717, 1.165) is 38.0 Å². The molecule has 1 fully saturated rings. The minimum atomic E-state index is -0.350. The van der Waals surface area contributed by atoms with E-state index in [1.807, 2.05) is 6.92 Å². The zero-order valence-electron chi connectivity index (χ0n) is 20.6. The lowest BCUT2D eigenvalue weighted by molar-refractivity contribution is -0.122. The molecule has 1 amide bonds. The summed E-state index contributed by atoms with van der Waals surface area (Å²) in [5, 5.41) is 16.8. The second-order valence-electron chi connectivity index (χ2n) is 10.0. The third kappa shape index (κ3) is 5.00. The lowest BCUT2D eigenvalue weighted by Gasteiger charge is -2.27. The lowest BCUT2D eigenvalue weighted by atomic mass is 9.88. The number of ether oxygens (including phenoxy) is 1. The van der Waals surface area contributed by atoms with E-state index >= 15 is 0 Å². The number of carbonyl (C=O) groups is 1. The van der Waals surface area contributed by atoms with Crippen molar-refractivity contribution in [1.29, 1.82) is 0 Å². The number of aromatic nitrogens is 2. The number of allylic oxidation sites excluding steroid dienone is 1. The summed E-state index contributed by atoms with van der Waals surface area (Å²) in [5.41, 5.74) is 8.95. The van der Waals surface area contributed by atoms with Crippen molar-refractivity contribution in [2.75, 3.05) is 37.4 Å². The van der Waals surface area contributed by atoms with Gasteiger partial charge in [0.1, 0.15) is 10.8 Å². The van der Waals surface area contributed by atoms with Gasteiger partial charge in [-0.15, -0.1) is 0 Å². The molecule has 5 atom stereocenters. The van der Waals surface area contributed by atoms with E-state index in [2.05, 4.69) is 49.8 Å². The number of nitrogens with two attached hydrogens (primary N) is 1. The average Bonchev–Trinajstić information content (AvgIpc) is 3.39. The number of aliphatic hydroxyl groups excluding tert-OH is 1. The van der Waals surface area contributed by atoms with Crippen molar-refractivity contribution in [2.24, 2.45) is 23.5 Å². The number of hydrogen-bond donors (Lipinski definition) is 4. The van der Waals surface area contributed by atoms with E-state index < -0.39 is 0 Å². The predicted octanol–water partition coefficient (Wildman–Crippen LogP) is 2.75. The molecule has 9 nitrogen and oxygen atoms in total. The van der Waals surface area contributed by atoms with Crippen LogP contribution in [-0.2, 0) is 17.6 Å². The van der Waals surface area contributed by atoms with Gasteiger partial charge < -0.3 is 31.1 Å². The first kappa shape index (κ1) is 24.8. The fourth-order valence-electron chi connectivity index (χ4n) is 5.84. The van der Waals surface area contributed by atoms with E-state index in [1.54, 1.807) is 13.3 Å². The third-order valence-corrected chi connectivity index (χ3v) is 7.80. The molecule has 3 aliphatic rings. The van der Waals surface area contributed by atoms with Crippen molar-refractivity contribution in [1.82, 2.24) is 14.9 Å². The molecule has 36 heavy (non-hydrogen) atoms. The quantitative estimate of drug-likeness (QED) is 0.398. The topological polar surface area (TPSA) is 126 Å². The SMILES string of the molecule is COc1cc2c(cc1Nc1ncc(Cl)c(N[C@H]3[C@@H](C(N)=O)[C@@H]4C=C[C@H]3C4)n1)CCN(C[C@H](C)O)CC2. The molecular weight excluding hydrogens is 480 g/mol. The Morgan fingerprint density at radius 1 is 1.28 bits per heavy atom. The van der Waals surface area contributed by atoms with Crippen LogP contribution in [0.3, 0.4) is 0 Å². The van der Waals surface area contributed by atoms with Crippen LogP contribution in [0.4, 0.5) is 17.5 Å². The Morgan fingerprint density at radius 3 is 2.69 bits per heavy atom. The van der Waals surface area contributed by atoms with Crippen LogP contribution in [0.1, 0.15) is 24.5 Å². The Hall–Kier alpha value is -2.88. The summed E-state index contributed by atoms with van der Waals surface area (Å²) in [6.07, 6.45) is 8.09. The van der Waals surface area contributed by atoms with Gasteiger partial charge >= 0.3 is 0 Å². The second kappa shape index (κ2) is 10.2. The summed E-state index contributed by atoms with van der Waals surface area (Å²) in [6.45, 7) is 4.27. The summed E-state index contributed by atoms with van der Waals surface area (Å²) < 4.78 is 5.68. The molecule has 0 unspecified atom stereocenters. The van der Waals surface area contributed by atoms with Crippen molar-refractivity contribution in [3.8, 4) is 5.75 Å². The van der Waals surface area contributed by atoms with Gasteiger partial charge in [-0.2, -0.15) is 4.98 Å². The standard InChI is InChI=1S/C26H33ClN6O3/c1-14(34)13-33-7-5-15-10-20(21(36-2)11-16(15)6-8-33)30-26-29-12-19(27)25(32-26)31-23-18-4-3-17(9-18)22(23)24(28)35/h3-4,10-12,14,17-18,22-23,34H,5-9,13H2,1-2H3,(H2,28,35)(H2,29,30,31,32)/t14-,17+,18-,22-,23+/m0/s1. The third-order valence-electron chi connectivity index (χ3n) is 7.52. The van der Waals surface area contributed by atoms with Crippen molar-refractivity contribution in [2.45, 2.75) is 38.3 Å². The molecule has 1 aromatic carbocycles. The highest BCUT2D eigenvalue weighted by Crippen LogP contribution is 2.45. The minimum Gasteiger partial charge on any atom is -0.495 e. The van der Waals surface area contributed by atoms with Crippen molar-refractivity contribution < 1.29 is 14.6 Å². The molecular formula is C26H33ClN6O3. The Balaban J connectivity index is 1.36. The zero-order chi connectivity index (χ0) is 25.4. The van der Waals surface area contributed by atoms with E-state index in [1.165, 1.54) is 11.1 Å². The molecule has 5 rings (SSSR count). The number of amides is 1. The first-order chi connectivity index (χ1) is 17.3. The van der Waals surface area contributed by atoms with Gasteiger partial charge in [0, 0.05) is 25.7 Å². The molecule has 5 N–H and O–H groups in total. The molecule has 0 spiro atoms. The average molecular weight is 513 g/mol. The maximum Gasteiger partial charge on any atom is 0.229 e. The highest BCUT2D eigenvalue weighted by molar-refractivity contribution is 6.32. The molecule has 1 aliphatic heterocycles. The van der Waals surface area contributed by atoms with Gasteiger partial charge in [-0.3, -0.25) is 4.79 Å². The molecule has 1 saturated carbocycles. The summed E-state index contributed by atoms with van der Waals surface area (Å²) in [5.74, 6) is 1.32. The number of rotatable bonds is 8. The molecule has 2 heterocycles. The predicted molar refractivity (Wildman–Crippen MR) is 140 cm³/mol. The fraction of sp³-hybridized carbons (Fsp3) is 0.500. The number of nitrogens with zero attached hydrogens (tertiary/aromatic N) is 3. The normalized spacial score (nSPS) is 25.8. The number of anilines is 3. The van der Waals surface area contributed by atoms with Crippen molar-refractivity contribution >= 4 is 35.0 Å². The molecule has 0 saturated heterocycles. The lowest BCUT2D eigenvalue weighted by Crippen LogP contribution is -2.41. The number of halogens is 1. The smallest absolute Gasteiger partial charge is 0.229 e. The van der Waals surface area contributed by atoms with Crippen LogP contribution >= 0.6 is 11.6 Å². The van der Waals surface area contributed by atoms with E-state index in [0.29, 0.717) is 29.1 Å². The van der Waals surface area contributed by atoms with Crippen molar-refractivity contribution in [3.63, 3.8) is 0 Å². The molecule has 1 aromatic heterocycles. The number of aliphatic hydroxyl groups is 1. The van der Waals surface area contributed by atoms with Gasteiger partial charge in [0.2, 0.25) is 11.9 Å². The van der Waals surface area contributed by atoms with Crippen LogP contribution in [0.5, 0.6) is 5.75 Å². The number of hydrogen-bond acceptors (Lipinski definition) is 8. The number of fused-ring (bicyclic) bond motifs is 3. The van der Waals surface area contributed by atoms with Crippen LogP contribution in [0, 0.1) is 17.8 Å². The summed E-state index contributed by atoms with van der Waals surface area (Å²) in [7, 11) is 1.64. The van der Waals surface area contributed by atoms with Crippen LogP contribution in [0.2, 0.25) is 5.02 Å². The molecule has 2 aliphatic carbocycles. The van der Waals surface area contributed by atoms with Crippen LogP contribution in [0.15, 0.2) is 30.5 Å². The Bertz CT molecular complexity index is 1170. The highest BCUT2D eigenvalue weighted by Gasteiger charge is 2.47. The second-order valence-corrected chi connectivity index (χ2v) is 10.4. The van der Waals surface area contributed by atoms with Gasteiger partial charge in [-0.05, 0) is 61.3 Å². The van der Waals surface area contributed by atoms with Crippen LogP contribution in [-0.4, -0.2) is 64.8 Å². The number of methoxy groups -OCH3 is 1. The van der Waals surface area contributed by atoms with Gasteiger partial charge in [-0.25, -0.2) is 4.98 Å². The Morgan fingerprint density at radius 2 is 2.00 bits per heavy atom. The van der Waals surface area contributed by atoms with E-state index in [4.69, 9.17) is 22.1 Å². The summed E-state index contributed by atoms with van der Waals surface area (Å²) >= 11 is 6.43. The van der Waals surface area contributed by atoms with Crippen LogP contribution < -0.4 is 21.1 Å². The minimum absolute atomic E-state index is 0.149. The molecule has 2 aromatic rings. The Labute approximate surface area is 216 Å². The van der Waals surface area contributed by atoms with Crippen LogP contribution in [0.25, 0.3) is 0 Å². The van der Waals surface area contributed by atoms with Gasteiger partial charge in [0.25, 0.3) is 0 Å². The zero-order valence-corrected chi connectivity index (χ0v) is 21.3. The number of primary amides is 1. The number of nitrogens with one attached hydrogen (secondary N) is 2. The van der Waals surface area contributed by atoms with Gasteiger partial charge in [-0.1, -0.05) is 23.8 Å². The van der Waals surface area contributed by atoms with E-state index in [9.17, 15) is 9.90 Å². The first-order valence-electron chi connectivity index (χ1n) is 12.5. The molecule has 10 heteroatoms. The molecule has 2 bridgehead atoms. The van der Waals surface area contributed by atoms with Crippen molar-refractivity contribution in [3.05, 3.63) is 46.6 Å². The number of benzene rings is 1. The monoisotopic (exact) mass is 512 g/mol. The fourth-order valence-corrected chi connectivity index (χ4v) is 5.98. The van der Waals surface area contributed by atoms with Gasteiger partial charge in [0.05, 0.1) is 31.0 Å². The van der Waals surface area contributed by atoms with E-state index in [-0.39, 0.29) is 35.8 Å². The maximum absolute atomic E-state index is 12.1. The maximum atomic E-state index is 12.1. The van der Waals surface area contributed by atoms with Gasteiger partial charge in [0.15, 0.2) is 5.82 Å². The summed E-state index contributed by atoms with van der Waals surface area (Å²) in [4.78, 5) is 23.4. The molecule has 192 valence electrons. The number of β-amino-alcohol motifs (C(OH)–C–C–N with tert-alkyl or cyclic N) is 1. The largest absolute Gasteiger partial charge is 0.495 e. The summed E-state index contributed by atoms with van der Waals surface area (Å²) in [6, 6.07) is 4.01. The number of carbonyl (C=O) groups excluding carboxylic acids is 1. The Kier molecular flexibility index (Phi) is 7.05. The highest BCUT2D eigenvalue weighted by atomic mass is 35.5.